The second-order valence-corrected chi connectivity index (χ2v) is 24.0. The number of nitrogens with zero attached hydrogens (tertiary/aromatic N) is 4. The monoisotopic (exact) mass is 1030 g/mol. The van der Waals surface area contributed by atoms with Gasteiger partial charge in [-0.25, -0.2) is 4.85 Å². The number of hydrogen-bond donors (Lipinski definition) is 0. The van der Waals surface area contributed by atoms with Crippen LogP contribution in [-0.2, 0) is 0 Å². The quantitative estimate of drug-likeness (QED) is 0.162. The summed E-state index contributed by atoms with van der Waals surface area (Å²) in [5.41, 5.74) is 9.57. The highest BCUT2D eigenvalue weighted by Crippen LogP contribution is 2.54. The third-order valence-corrected chi connectivity index (χ3v) is 20.3. The zero-order chi connectivity index (χ0) is 49.9. The molecule has 17 aromatic rings. The molecule has 0 spiro atoms. The van der Waals surface area contributed by atoms with E-state index in [-0.39, 0.29) is 0 Å². The van der Waals surface area contributed by atoms with Crippen LogP contribution in [-0.4, -0.2) is 9.13 Å². The van der Waals surface area contributed by atoms with Gasteiger partial charge < -0.3 is 9.13 Å². The van der Waals surface area contributed by atoms with Crippen LogP contribution < -0.4 is 0 Å². The molecule has 0 N–H and O–H groups in total. The molecule has 0 fully saturated rings. The van der Waals surface area contributed by atoms with E-state index in [1.54, 1.807) is 45.3 Å². The fourth-order valence-electron chi connectivity index (χ4n) is 12.5. The van der Waals surface area contributed by atoms with Crippen molar-refractivity contribution in [3.63, 3.8) is 0 Å². The molecule has 6 heterocycles. The average Bonchev–Trinajstić information content (AvgIpc) is 4.34. The number of thiophene rings is 4. The van der Waals surface area contributed by atoms with Crippen LogP contribution in [0.5, 0.6) is 0 Å². The fourth-order valence-corrected chi connectivity index (χ4v) is 17.1. The molecular weight excluding hydrogens is 1000 g/mol. The lowest BCUT2D eigenvalue weighted by molar-refractivity contribution is 1.14. The Kier molecular flexibility index (Phi) is 8.73. The largest absolute Gasteiger partial charge is 0.318 e. The molecule has 0 atom stereocenters. The first-order valence-electron chi connectivity index (χ1n) is 25.1. The second kappa shape index (κ2) is 15.7. The first kappa shape index (κ1) is 42.3. The molecule has 8 heteroatoms. The lowest BCUT2D eigenvalue weighted by atomic mass is 9.88. The standard InChI is InChI=1S/C68H34N4S4/c1-70-66-64(37-26-28-45-41-16-4-10-22-56(41)73-60(45)30-37)51(36-69)67(71-52-20-8-2-14-39(52)47-32-49-43-18-6-12-24-58(43)75-62(49)34-54(47)71)65(38-27-29-46-42-17-5-11-23-57(42)74-61(46)31-38)68(66)72-53-21-9-3-15-40(53)48-33-50-44-19-7-13-25-59(44)76-63(50)35-55(48)72/h2-35H. The first-order valence-corrected chi connectivity index (χ1v) is 28.4. The Bertz CT molecular complexity index is 5300. The molecule has 0 saturated carbocycles. The van der Waals surface area contributed by atoms with Crippen LogP contribution in [0.4, 0.5) is 5.69 Å². The summed E-state index contributed by atoms with van der Waals surface area (Å²) in [5, 5.41) is 26.4. The Morgan fingerprint density at radius 2 is 0.697 bits per heavy atom. The lowest BCUT2D eigenvalue weighted by Crippen LogP contribution is -2.08. The van der Waals surface area contributed by atoms with Crippen LogP contribution in [0.15, 0.2) is 206 Å². The zero-order valence-electron chi connectivity index (χ0n) is 40.1. The summed E-state index contributed by atoms with van der Waals surface area (Å²) < 4.78 is 14.2. The SMILES string of the molecule is [C-]#[N+]c1c(-c2ccc3c(c2)sc2ccccc23)c(C#N)c(-n2c3ccccc3c3cc4c(cc32)sc2ccccc24)c(-c2ccc3c(c2)sc2ccccc23)c1-n1c2ccccc2c2cc3c(cc21)sc1ccccc13. The molecule has 0 aliphatic carbocycles. The van der Waals surface area contributed by atoms with Crippen molar-refractivity contribution < 1.29 is 0 Å². The lowest BCUT2D eigenvalue weighted by Gasteiger charge is -2.26. The minimum absolute atomic E-state index is 0.430. The van der Waals surface area contributed by atoms with E-state index in [1.807, 2.05) is 0 Å². The fraction of sp³-hybridized carbons (Fsp3) is 0. The summed E-state index contributed by atoms with van der Waals surface area (Å²) in [7, 11) is 0. The summed E-state index contributed by atoms with van der Waals surface area (Å²) in [6, 6.07) is 77.5. The van der Waals surface area contributed by atoms with Gasteiger partial charge in [0.25, 0.3) is 0 Å². The van der Waals surface area contributed by atoms with Gasteiger partial charge in [0.05, 0.1) is 45.6 Å². The van der Waals surface area contributed by atoms with Crippen molar-refractivity contribution in [2.45, 2.75) is 0 Å². The Morgan fingerprint density at radius 1 is 0.329 bits per heavy atom. The first-order chi connectivity index (χ1) is 37.6. The molecule has 0 saturated heterocycles. The zero-order valence-corrected chi connectivity index (χ0v) is 43.3. The van der Waals surface area contributed by atoms with Gasteiger partial charge in [-0.05, 0) is 83.9 Å². The predicted molar refractivity (Wildman–Crippen MR) is 329 cm³/mol. The molecular formula is C68H34N4S4. The third kappa shape index (κ3) is 5.73. The van der Waals surface area contributed by atoms with Gasteiger partial charge in [0.15, 0.2) is 0 Å². The van der Waals surface area contributed by atoms with Crippen LogP contribution in [0.1, 0.15) is 5.56 Å². The van der Waals surface area contributed by atoms with Crippen molar-refractivity contribution in [2.75, 3.05) is 0 Å². The normalized spacial score (nSPS) is 12.2. The smallest absolute Gasteiger partial charge is 0.220 e. The molecule has 0 aliphatic rings. The van der Waals surface area contributed by atoms with Gasteiger partial charge in [-0.3, -0.25) is 0 Å². The maximum atomic E-state index is 12.3. The van der Waals surface area contributed by atoms with Crippen LogP contribution in [0, 0.1) is 17.9 Å². The maximum Gasteiger partial charge on any atom is 0.220 e. The molecule has 0 bridgehead atoms. The summed E-state index contributed by atoms with van der Waals surface area (Å²) in [5.74, 6) is 0. The number of para-hydroxylation sites is 2. The van der Waals surface area contributed by atoms with Crippen molar-refractivity contribution >= 4 is 175 Å². The van der Waals surface area contributed by atoms with Gasteiger partial charge >= 0.3 is 0 Å². The maximum absolute atomic E-state index is 12.3. The van der Waals surface area contributed by atoms with E-state index in [0.29, 0.717) is 16.8 Å². The van der Waals surface area contributed by atoms with E-state index >= 15 is 0 Å². The van der Waals surface area contributed by atoms with Gasteiger partial charge in [0.2, 0.25) is 5.69 Å². The van der Waals surface area contributed by atoms with Crippen molar-refractivity contribution in [1.29, 1.82) is 5.26 Å². The molecule has 4 nitrogen and oxygen atoms in total. The van der Waals surface area contributed by atoms with E-state index in [9.17, 15) is 11.8 Å². The Hall–Kier alpha value is -9.12. The second-order valence-electron chi connectivity index (χ2n) is 19.6. The molecule has 0 amide bonds. The molecule has 0 aliphatic heterocycles. The molecule has 76 heavy (non-hydrogen) atoms. The van der Waals surface area contributed by atoms with Crippen LogP contribution in [0.3, 0.4) is 0 Å². The van der Waals surface area contributed by atoms with Gasteiger partial charge in [-0.1, -0.05) is 133 Å². The Balaban J connectivity index is 1.12. The highest BCUT2D eigenvalue weighted by Gasteiger charge is 2.33. The van der Waals surface area contributed by atoms with Gasteiger partial charge in [0, 0.05) is 113 Å². The summed E-state index contributed by atoms with van der Waals surface area (Å²) in [6.45, 7) is 9.64. The highest BCUT2D eigenvalue weighted by atomic mass is 32.1. The van der Waals surface area contributed by atoms with E-state index in [1.165, 1.54) is 65.9 Å². The number of aromatic nitrogens is 2. The van der Waals surface area contributed by atoms with Crippen LogP contribution in [0.25, 0.3) is 163 Å². The molecule has 0 unspecified atom stereocenters. The van der Waals surface area contributed by atoms with Crippen molar-refractivity contribution in [2.24, 2.45) is 0 Å². The number of nitriles is 1. The molecule has 6 aromatic heterocycles. The molecule has 11 aromatic carbocycles. The van der Waals surface area contributed by atoms with Gasteiger partial charge in [-0.15, -0.1) is 45.3 Å². The average molecular weight is 1040 g/mol. The van der Waals surface area contributed by atoms with Crippen LogP contribution in [0.2, 0.25) is 0 Å². The van der Waals surface area contributed by atoms with E-state index in [0.717, 1.165) is 86.5 Å². The van der Waals surface area contributed by atoms with Crippen molar-refractivity contribution in [3.8, 4) is 39.7 Å². The number of hydrogen-bond acceptors (Lipinski definition) is 5. The van der Waals surface area contributed by atoms with Crippen molar-refractivity contribution in [3.05, 3.63) is 223 Å². The van der Waals surface area contributed by atoms with Gasteiger partial charge in [0.1, 0.15) is 6.07 Å². The number of rotatable bonds is 4. The summed E-state index contributed by atoms with van der Waals surface area (Å²) in [6.07, 6.45) is 0. The molecule has 0 radical (unpaired) electrons. The van der Waals surface area contributed by atoms with E-state index < -0.39 is 0 Å². The third-order valence-electron chi connectivity index (χ3n) is 15.8. The number of benzene rings is 11. The highest BCUT2D eigenvalue weighted by molar-refractivity contribution is 7.27. The van der Waals surface area contributed by atoms with E-state index in [4.69, 9.17) is 4.85 Å². The predicted octanol–water partition coefficient (Wildman–Crippen LogP) is 21.1. The topological polar surface area (TPSA) is 38.0 Å². The van der Waals surface area contributed by atoms with Crippen LogP contribution >= 0.6 is 45.3 Å². The molecule has 17 rings (SSSR count). The van der Waals surface area contributed by atoms with Gasteiger partial charge in [-0.2, -0.15) is 5.26 Å². The Labute approximate surface area is 449 Å². The minimum atomic E-state index is 0.430. The Morgan fingerprint density at radius 3 is 1.14 bits per heavy atom. The minimum Gasteiger partial charge on any atom is -0.318 e. The van der Waals surface area contributed by atoms with E-state index in [2.05, 4.69) is 221 Å². The van der Waals surface area contributed by atoms with Crippen molar-refractivity contribution in [1.82, 2.24) is 9.13 Å². The summed E-state index contributed by atoms with van der Waals surface area (Å²) in [4.78, 5) is 4.72. The molecule has 350 valence electrons. The summed E-state index contributed by atoms with van der Waals surface area (Å²) >= 11 is 7.13. The number of fused-ring (bicyclic) bond motifs is 18.